The van der Waals surface area contributed by atoms with E-state index >= 15 is 0 Å². The lowest BCUT2D eigenvalue weighted by atomic mass is 9.78. The van der Waals surface area contributed by atoms with E-state index in [2.05, 4.69) is 31.4 Å². The van der Waals surface area contributed by atoms with Crippen LogP contribution in [0.25, 0.3) is 0 Å². The zero-order chi connectivity index (χ0) is 13.7. The number of thiophene rings is 1. The summed E-state index contributed by atoms with van der Waals surface area (Å²) in [6.07, 6.45) is 8.59. The fourth-order valence-electron chi connectivity index (χ4n) is 3.32. The van der Waals surface area contributed by atoms with Crippen LogP contribution in [0.4, 0.5) is 0 Å². The van der Waals surface area contributed by atoms with Crippen LogP contribution in [0, 0.1) is 0 Å². The Kier molecular flexibility index (Phi) is 5.43. The van der Waals surface area contributed by atoms with E-state index < -0.39 is 0 Å². The van der Waals surface area contributed by atoms with Gasteiger partial charge in [-0.2, -0.15) is 0 Å². The number of hydrogen-bond acceptors (Lipinski definition) is 3. The van der Waals surface area contributed by atoms with Crippen LogP contribution < -0.4 is 5.32 Å². The lowest BCUT2D eigenvalue weighted by molar-refractivity contribution is -0.0655. The van der Waals surface area contributed by atoms with Crippen LogP contribution >= 0.6 is 11.3 Å². The molecule has 0 aromatic carbocycles. The van der Waals surface area contributed by atoms with Crippen molar-refractivity contribution in [3.63, 3.8) is 0 Å². The highest BCUT2D eigenvalue weighted by molar-refractivity contribution is 7.11. The second-order valence-corrected chi connectivity index (χ2v) is 6.85. The summed E-state index contributed by atoms with van der Waals surface area (Å²) in [6.45, 7) is 2.23. The van der Waals surface area contributed by atoms with Crippen LogP contribution in [-0.4, -0.2) is 25.8 Å². The Hall–Kier alpha value is -0.380. The Labute approximate surface area is 121 Å². The van der Waals surface area contributed by atoms with Crippen molar-refractivity contribution in [2.75, 3.05) is 14.2 Å². The van der Waals surface area contributed by atoms with Crippen LogP contribution in [0.5, 0.6) is 0 Å². The number of rotatable bonds is 6. The number of nitrogens with one attached hydrogen (secondary N) is 1. The molecule has 0 saturated heterocycles. The summed E-state index contributed by atoms with van der Waals surface area (Å²) in [5, 5.41) is 3.52. The second-order valence-electron chi connectivity index (χ2n) is 5.60. The predicted molar refractivity (Wildman–Crippen MR) is 83.1 cm³/mol. The van der Waals surface area contributed by atoms with E-state index in [-0.39, 0.29) is 5.60 Å². The van der Waals surface area contributed by atoms with Crippen LogP contribution in [0.1, 0.15) is 48.8 Å². The molecule has 1 atom stereocenters. The van der Waals surface area contributed by atoms with Gasteiger partial charge in [-0.05, 0) is 44.9 Å². The molecule has 2 rings (SSSR count). The number of ether oxygens (including phenoxy) is 1. The fraction of sp³-hybridized carbons (Fsp3) is 0.750. The molecular weight excluding hydrogens is 254 g/mol. The second kappa shape index (κ2) is 6.87. The van der Waals surface area contributed by atoms with Gasteiger partial charge < -0.3 is 10.1 Å². The molecule has 2 nitrogen and oxygen atoms in total. The zero-order valence-electron chi connectivity index (χ0n) is 12.5. The summed E-state index contributed by atoms with van der Waals surface area (Å²) in [5.41, 5.74) is 0.0450. The lowest BCUT2D eigenvalue weighted by Gasteiger charge is -2.42. The molecule has 1 fully saturated rings. The molecular formula is C16H27NOS. The third-order valence-corrected chi connectivity index (χ3v) is 5.81. The molecule has 3 heteroatoms. The van der Waals surface area contributed by atoms with Gasteiger partial charge in [0.25, 0.3) is 0 Å². The third-order valence-electron chi connectivity index (χ3n) is 4.56. The van der Waals surface area contributed by atoms with Crippen molar-refractivity contribution in [1.82, 2.24) is 5.32 Å². The van der Waals surface area contributed by atoms with E-state index in [1.54, 1.807) is 0 Å². The summed E-state index contributed by atoms with van der Waals surface area (Å²) in [5.74, 6) is 0. The number of aryl methyl sites for hydroxylation is 1. The Morgan fingerprint density at radius 3 is 2.47 bits per heavy atom. The molecule has 1 aliphatic rings. The summed E-state index contributed by atoms with van der Waals surface area (Å²) >= 11 is 1.95. The van der Waals surface area contributed by atoms with Gasteiger partial charge in [0.1, 0.15) is 0 Å². The van der Waals surface area contributed by atoms with Crippen molar-refractivity contribution >= 4 is 11.3 Å². The lowest BCUT2D eigenvalue weighted by Crippen LogP contribution is -2.53. The highest BCUT2D eigenvalue weighted by atomic mass is 32.1. The van der Waals surface area contributed by atoms with Crippen molar-refractivity contribution < 1.29 is 4.74 Å². The number of likely N-dealkylation sites (N-methyl/N-ethyl adjacent to an activating group) is 1. The van der Waals surface area contributed by atoms with E-state index in [4.69, 9.17) is 4.74 Å². The van der Waals surface area contributed by atoms with Gasteiger partial charge in [0.15, 0.2) is 0 Å². The first-order chi connectivity index (χ1) is 9.24. The SMILES string of the molecule is CCc1ccc(CC(NC)C2(OC)CCCCC2)s1. The quantitative estimate of drug-likeness (QED) is 0.856. The van der Waals surface area contributed by atoms with Crippen molar-refractivity contribution in [1.29, 1.82) is 0 Å². The molecule has 0 radical (unpaired) electrons. The molecule has 0 amide bonds. The van der Waals surface area contributed by atoms with Crippen molar-refractivity contribution in [3.05, 3.63) is 21.9 Å². The van der Waals surface area contributed by atoms with E-state index in [1.807, 2.05) is 18.4 Å². The molecule has 1 N–H and O–H groups in total. The molecule has 1 aromatic rings. The molecule has 0 spiro atoms. The maximum Gasteiger partial charge on any atom is 0.0834 e. The maximum absolute atomic E-state index is 5.98. The molecule has 1 unspecified atom stereocenters. The highest BCUT2D eigenvalue weighted by Crippen LogP contribution is 2.36. The summed E-state index contributed by atoms with van der Waals surface area (Å²) in [4.78, 5) is 2.97. The summed E-state index contributed by atoms with van der Waals surface area (Å²) in [6, 6.07) is 4.99. The monoisotopic (exact) mass is 281 g/mol. The standard InChI is InChI=1S/C16H27NOS/c1-4-13-8-9-14(19-13)12-15(17-2)16(18-3)10-6-5-7-11-16/h8-9,15,17H,4-7,10-12H2,1-3H3. The topological polar surface area (TPSA) is 21.3 Å². The highest BCUT2D eigenvalue weighted by Gasteiger charge is 2.39. The van der Waals surface area contributed by atoms with Crippen molar-refractivity contribution in [3.8, 4) is 0 Å². The molecule has 0 aliphatic heterocycles. The Morgan fingerprint density at radius 2 is 1.95 bits per heavy atom. The van der Waals surface area contributed by atoms with Crippen LogP contribution in [0.3, 0.4) is 0 Å². The molecule has 19 heavy (non-hydrogen) atoms. The minimum absolute atomic E-state index is 0.0450. The Morgan fingerprint density at radius 1 is 1.26 bits per heavy atom. The van der Waals surface area contributed by atoms with Crippen LogP contribution in [-0.2, 0) is 17.6 Å². The fourth-order valence-corrected chi connectivity index (χ4v) is 4.32. The Bertz CT molecular complexity index is 382. The summed E-state index contributed by atoms with van der Waals surface area (Å²) < 4.78 is 5.98. The average Bonchev–Trinajstić information content (AvgIpc) is 2.93. The van der Waals surface area contributed by atoms with Crippen LogP contribution in [0.15, 0.2) is 12.1 Å². The molecule has 1 saturated carbocycles. The van der Waals surface area contributed by atoms with E-state index in [1.165, 1.54) is 41.9 Å². The zero-order valence-corrected chi connectivity index (χ0v) is 13.3. The maximum atomic E-state index is 5.98. The van der Waals surface area contributed by atoms with Gasteiger partial charge in [-0.1, -0.05) is 26.2 Å². The minimum Gasteiger partial charge on any atom is -0.377 e. The molecule has 1 heterocycles. The number of hydrogen-bond donors (Lipinski definition) is 1. The van der Waals surface area contributed by atoms with Crippen LogP contribution in [0.2, 0.25) is 0 Å². The molecule has 1 aromatic heterocycles. The largest absolute Gasteiger partial charge is 0.377 e. The molecule has 108 valence electrons. The molecule has 0 bridgehead atoms. The van der Waals surface area contributed by atoms with Crippen molar-refractivity contribution in [2.45, 2.75) is 63.5 Å². The van der Waals surface area contributed by atoms with Crippen molar-refractivity contribution in [2.24, 2.45) is 0 Å². The third kappa shape index (κ3) is 3.39. The van der Waals surface area contributed by atoms with E-state index in [9.17, 15) is 0 Å². The normalized spacial score (nSPS) is 20.4. The van der Waals surface area contributed by atoms with Gasteiger partial charge >= 0.3 is 0 Å². The van der Waals surface area contributed by atoms with Gasteiger partial charge in [0.05, 0.1) is 5.60 Å². The van der Waals surface area contributed by atoms with Gasteiger partial charge in [0, 0.05) is 22.9 Å². The first-order valence-corrected chi connectivity index (χ1v) is 8.35. The summed E-state index contributed by atoms with van der Waals surface area (Å²) in [7, 11) is 3.97. The van der Waals surface area contributed by atoms with Gasteiger partial charge in [0.2, 0.25) is 0 Å². The average molecular weight is 281 g/mol. The smallest absolute Gasteiger partial charge is 0.0834 e. The van der Waals surface area contributed by atoms with Gasteiger partial charge in [-0.25, -0.2) is 0 Å². The first-order valence-electron chi connectivity index (χ1n) is 7.54. The predicted octanol–water partition coefficient (Wildman–Crippen LogP) is 3.79. The minimum atomic E-state index is 0.0450. The van der Waals surface area contributed by atoms with E-state index in [0.717, 1.165) is 12.8 Å². The molecule has 1 aliphatic carbocycles. The Balaban J connectivity index is 2.09. The number of methoxy groups -OCH3 is 1. The van der Waals surface area contributed by atoms with Gasteiger partial charge in [-0.15, -0.1) is 11.3 Å². The first kappa shape index (κ1) is 15.0. The van der Waals surface area contributed by atoms with Gasteiger partial charge in [-0.3, -0.25) is 0 Å². The van der Waals surface area contributed by atoms with E-state index in [0.29, 0.717) is 6.04 Å².